The Kier molecular flexibility index (Phi) is 20.7. The molecule has 0 bridgehead atoms. The van der Waals surface area contributed by atoms with E-state index in [2.05, 4.69) is 125 Å². The molecule has 0 saturated carbocycles. The molecule has 0 aliphatic carbocycles. The average molecular weight is 1300 g/mol. The van der Waals surface area contributed by atoms with E-state index in [1.165, 1.54) is 28.8 Å². The van der Waals surface area contributed by atoms with Gasteiger partial charge in [0.1, 0.15) is 0 Å². The van der Waals surface area contributed by atoms with E-state index in [4.69, 9.17) is 5.14 Å². The second-order valence-electron chi connectivity index (χ2n) is 24.2. The fourth-order valence-electron chi connectivity index (χ4n) is 11.5. The van der Waals surface area contributed by atoms with Gasteiger partial charge in [0, 0.05) is 90.7 Å². The molecule has 0 unspecified atom stereocenters. The normalized spacial score (nSPS) is 17.1. The second-order valence-corrected chi connectivity index (χ2v) is 25.7. The number of nitrogens with one attached hydrogen (secondary N) is 8. The van der Waals surface area contributed by atoms with Gasteiger partial charge in [0.2, 0.25) is 33.7 Å². The average Bonchev–Trinajstić information content (AvgIpc) is 1.65. The summed E-state index contributed by atoms with van der Waals surface area (Å²) in [6.07, 6.45) is 19.1. The lowest BCUT2D eigenvalue weighted by atomic mass is 10.1. The molecular weight excluding hydrogens is 1220 g/mol. The number of pyridine rings is 1. The SMILES string of the molecule is C[C@@H]1CC(=O)Nc2cccc(-c3cnn(-c4ccccn4)c3)c2N1.C[C@@H]1CC(=O)Nc2cccc(-c3cnn(Cc4ccccc4)c3)c2N1.C[C@@H]1CC(=O)Nc2cccc(/C=C/c3cccc(S(N)(=O)=O)c3)c2N1.Cc1cccc(/C=C/c2cccc3c2N[C@H](C)CC(=O)N3)c1. The van der Waals surface area contributed by atoms with E-state index in [1.807, 2.05) is 166 Å². The van der Waals surface area contributed by atoms with Gasteiger partial charge in [-0.15, -0.1) is 0 Å². The first-order valence-corrected chi connectivity index (χ1v) is 33.2. The minimum Gasteiger partial charge on any atom is -0.380 e. The fraction of sp³-hybridized carbons (Fsp3) is 0.187. The van der Waals surface area contributed by atoms with Crippen molar-refractivity contribution >= 4 is 103 Å². The molecule has 4 amide bonds. The zero-order valence-electron chi connectivity index (χ0n) is 53.9. The lowest BCUT2D eigenvalue weighted by Gasteiger charge is -2.15. The summed E-state index contributed by atoms with van der Waals surface area (Å²) in [5, 5.41) is 39.5. The highest BCUT2D eigenvalue weighted by molar-refractivity contribution is 7.89. The summed E-state index contributed by atoms with van der Waals surface area (Å²) >= 11 is 0. The van der Waals surface area contributed by atoms with Crippen LogP contribution in [0.3, 0.4) is 0 Å². The van der Waals surface area contributed by atoms with Crippen molar-refractivity contribution in [2.24, 2.45) is 5.14 Å². The van der Waals surface area contributed by atoms with Crippen LogP contribution in [0.15, 0.2) is 206 Å². The number of rotatable bonds is 10. The van der Waals surface area contributed by atoms with Gasteiger partial charge in [-0.05, 0) is 111 Å². The highest BCUT2D eigenvalue weighted by atomic mass is 32.2. The number of hydrogen-bond acceptors (Lipinski definition) is 13. The summed E-state index contributed by atoms with van der Waals surface area (Å²) < 4.78 is 26.6. The third-order valence-electron chi connectivity index (χ3n) is 16.0. The topological polar surface area (TPSA) is 273 Å². The van der Waals surface area contributed by atoms with Crippen molar-refractivity contribution in [1.29, 1.82) is 0 Å². The zero-order valence-corrected chi connectivity index (χ0v) is 54.7. The number of fused-ring (bicyclic) bond motifs is 4. The predicted octanol–water partition coefficient (Wildman–Crippen LogP) is 13.8. The molecule has 0 spiro atoms. The molecule has 4 aliphatic heterocycles. The van der Waals surface area contributed by atoms with Crippen LogP contribution in [0.2, 0.25) is 0 Å². The Morgan fingerprint density at radius 1 is 0.479 bits per heavy atom. The number of nitrogens with zero attached hydrogens (tertiary/aromatic N) is 5. The third-order valence-corrected chi connectivity index (χ3v) is 16.9. The molecule has 14 rings (SSSR count). The van der Waals surface area contributed by atoms with Crippen LogP contribution in [0.1, 0.15) is 86.8 Å². The van der Waals surface area contributed by atoms with Gasteiger partial charge < -0.3 is 42.5 Å². The monoisotopic (exact) mass is 1300 g/mol. The van der Waals surface area contributed by atoms with Crippen molar-refractivity contribution in [3.63, 3.8) is 0 Å². The van der Waals surface area contributed by atoms with Crippen molar-refractivity contribution in [2.45, 2.75) is 95.9 Å². The van der Waals surface area contributed by atoms with E-state index in [1.54, 1.807) is 23.0 Å². The van der Waals surface area contributed by atoms with E-state index in [0.29, 0.717) is 25.7 Å². The summed E-state index contributed by atoms with van der Waals surface area (Å²) in [5.41, 5.74) is 17.3. The molecule has 96 heavy (non-hydrogen) atoms. The summed E-state index contributed by atoms with van der Waals surface area (Å²) in [7, 11) is -3.73. The smallest absolute Gasteiger partial charge is 0.238 e. The Balaban J connectivity index is 0.000000130. The number of nitrogens with two attached hydrogens (primary N) is 1. The molecule has 10 N–H and O–H groups in total. The molecule has 21 heteroatoms. The number of amides is 4. The number of aryl methyl sites for hydroxylation is 1. The van der Waals surface area contributed by atoms with E-state index in [0.717, 1.165) is 96.8 Å². The van der Waals surface area contributed by atoms with Crippen LogP contribution in [0, 0.1) is 6.92 Å². The first-order chi connectivity index (χ1) is 46.3. The molecule has 4 aliphatic rings. The molecule has 4 atom stereocenters. The van der Waals surface area contributed by atoms with Gasteiger partial charge in [-0.2, -0.15) is 10.2 Å². The van der Waals surface area contributed by atoms with Crippen LogP contribution in [-0.2, 0) is 35.7 Å². The number of sulfonamides is 1. The molecule has 7 aromatic carbocycles. The Morgan fingerprint density at radius 3 is 1.43 bits per heavy atom. The number of anilines is 8. The van der Waals surface area contributed by atoms with Gasteiger partial charge in [0.25, 0.3) is 0 Å². The predicted molar refractivity (Wildman–Crippen MR) is 385 cm³/mol. The van der Waals surface area contributed by atoms with E-state index in [9.17, 15) is 27.6 Å². The third kappa shape index (κ3) is 17.2. The Bertz CT molecular complexity index is 4640. The number of aromatic nitrogens is 5. The number of benzene rings is 7. The maximum absolute atomic E-state index is 11.9. The van der Waals surface area contributed by atoms with Crippen LogP contribution in [0.4, 0.5) is 45.5 Å². The van der Waals surface area contributed by atoms with Crippen molar-refractivity contribution in [1.82, 2.24) is 24.5 Å². The Labute approximate surface area is 558 Å². The van der Waals surface area contributed by atoms with Crippen LogP contribution in [0.5, 0.6) is 0 Å². The largest absolute Gasteiger partial charge is 0.380 e. The molecule has 488 valence electrons. The summed E-state index contributed by atoms with van der Waals surface area (Å²) in [6.45, 7) is 10.8. The van der Waals surface area contributed by atoms with Crippen molar-refractivity contribution in [3.05, 3.63) is 234 Å². The Hall–Kier alpha value is -11.4. The maximum Gasteiger partial charge on any atom is 0.238 e. The number of hydrogen-bond donors (Lipinski definition) is 9. The highest BCUT2D eigenvalue weighted by Crippen LogP contribution is 2.39. The molecule has 0 fully saturated rings. The standard InChI is InChI=1S/C20H20N4O.C19H20N2O.C18H17N5O.C18H19N3O3S/c1-14-10-19(25)23-18-9-5-8-17(20(18)22-14)16-11-21-24(13-16)12-15-6-3-2-4-7-15;1-13-5-3-6-15(11-13)9-10-16-7-4-8-17-19(16)20-14(2)12-18(22)21-17;1-12-9-17(24)22-15-6-4-5-14(18(15)21-12)13-10-20-23(11-13)16-7-2-3-8-19-16;1-12-10-17(22)21-16-7-3-5-14(18(16)20-12)9-8-13-4-2-6-15(11-13)25(19,23)24/h2-9,11,13-14,22H,10,12H2,1H3,(H,23,25);3-11,14,20H,12H2,1-2H3,(H,21,22);2-8,10-12,21H,9H2,1H3,(H,22,24);2-9,11-12,20H,10H2,1H3,(H,21,22)(H2,19,23,24)/b;10-9+;;9-8+/t2*14-;2*12-/m1111/s1. The van der Waals surface area contributed by atoms with Crippen molar-refractivity contribution in [2.75, 3.05) is 42.5 Å². The molecule has 0 radical (unpaired) electrons. The summed E-state index contributed by atoms with van der Waals surface area (Å²) in [6, 6.07) is 54.4. The molecule has 0 saturated heterocycles. The summed E-state index contributed by atoms with van der Waals surface area (Å²) in [4.78, 5) is 51.9. The fourth-order valence-corrected chi connectivity index (χ4v) is 12.1. The maximum atomic E-state index is 11.9. The van der Waals surface area contributed by atoms with Crippen LogP contribution in [0.25, 0.3) is 52.4 Å². The highest BCUT2D eigenvalue weighted by Gasteiger charge is 2.24. The number of para-hydroxylation sites is 4. The first kappa shape index (κ1) is 66.1. The van der Waals surface area contributed by atoms with Gasteiger partial charge in [0.05, 0.1) is 69.3 Å². The van der Waals surface area contributed by atoms with E-state index >= 15 is 0 Å². The molecular formula is C75H76N14O6S. The number of primary sulfonamides is 1. The quantitative estimate of drug-likeness (QED) is 0.0577. The molecule has 7 heterocycles. The number of carbonyl (C=O) groups is 4. The van der Waals surface area contributed by atoms with Crippen molar-refractivity contribution < 1.29 is 27.6 Å². The Morgan fingerprint density at radius 2 is 0.927 bits per heavy atom. The van der Waals surface area contributed by atoms with Gasteiger partial charge in [-0.1, -0.05) is 151 Å². The lowest BCUT2D eigenvalue weighted by Crippen LogP contribution is -2.19. The molecule has 20 nitrogen and oxygen atoms in total. The van der Waals surface area contributed by atoms with Crippen LogP contribution in [-0.4, -0.2) is 80.8 Å². The first-order valence-electron chi connectivity index (χ1n) is 31.7. The van der Waals surface area contributed by atoms with Gasteiger partial charge in [-0.3, -0.25) is 23.9 Å². The summed E-state index contributed by atoms with van der Waals surface area (Å²) in [5.74, 6) is 0.852. The van der Waals surface area contributed by atoms with Gasteiger partial charge >= 0.3 is 0 Å². The number of carbonyl (C=O) groups excluding carboxylic acids is 4. The zero-order chi connectivity index (χ0) is 67.3. The van der Waals surface area contributed by atoms with Gasteiger partial charge in [0.15, 0.2) is 5.82 Å². The molecule has 3 aromatic heterocycles. The molecule has 10 aromatic rings. The van der Waals surface area contributed by atoms with Crippen molar-refractivity contribution in [3.8, 4) is 28.1 Å². The van der Waals surface area contributed by atoms with Crippen LogP contribution >= 0.6 is 0 Å². The lowest BCUT2D eigenvalue weighted by molar-refractivity contribution is -0.117. The minimum atomic E-state index is -3.73. The van der Waals surface area contributed by atoms with E-state index < -0.39 is 10.0 Å². The second kappa shape index (κ2) is 30.1. The van der Waals surface area contributed by atoms with E-state index in [-0.39, 0.29) is 52.7 Å². The van der Waals surface area contributed by atoms with Crippen LogP contribution < -0.4 is 47.7 Å². The van der Waals surface area contributed by atoms with Gasteiger partial charge in [-0.25, -0.2) is 23.2 Å². The minimum absolute atomic E-state index is 0.0153.